The molecule has 2 N–H and O–H groups in total. The molecule has 1 amide bonds. The Bertz CT molecular complexity index is 628. The first-order chi connectivity index (χ1) is 10.3. The van der Waals surface area contributed by atoms with Crippen molar-refractivity contribution in [3.8, 4) is 0 Å². The van der Waals surface area contributed by atoms with Gasteiger partial charge in [-0.15, -0.1) is 0 Å². The fourth-order valence-electron chi connectivity index (χ4n) is 2.67. The molecule has 0 atom stereocenters. The maximum Gasteiger partial charge on any atom is 0.240 e. The Hall–Kier alpha value is -1.81. The molecule has 4 heteroatoms. The molecule has 2 aromatic rings. The molecule has 0 spiro atoms. The standard InChI is InChI=1S/C17H23N3O/c1-2-9-18-11-14-5-3-4-13-8-10-20(17(13)14)12-16(21)19-15-6-7-15/h3-5,8,10,15,18H,2,6-7,9,11-12H2,1H3,(H,19,21). The lowest BCUT2D eigenvalue weighted by Gasteiger charge is -2.11. The first kappa shape index (κ1) is 14.1. The van der Waals surface area contributed by atoms with Gasteiger partial charge in [0.05, 0.1) is 5.52 Å². The molecule has 0 bridgehead atoms. The summed E-state index contributed by atoms with van der Waals surface area (Å²) in [6.07, 6.45) is 5.40. The number of benzene rings is 1. The van der Waals surface area contributed by atoms with Crippen molar-refractivity contribution in [2.75, 3.05) is 6.54 Å². The summed E-state index contributed by atoms with van der Waals surface area (Å²) in [5.74, 6) is 0.117. The smallest absolute Gasteiger partial charge is 0.240 e. The Balaban J connectivity index is 1.78. The van der Waals surface area contributed by atoms with E-state index in [-0.39, 0.29) is 5.91 Å². The number of hydrogen-bond acceptors (Lipinski definition) is 2. The normalized spacial score (nSPS) is 14.5. The summed E-state index contributed by atoms with van der Waals surface area (Å²) in [6, 6.07) is 8.84. The first-order valence-corrected chi connectivity index (χ1v) is 7.84. The van der Waals surface area contributed by atoms with Gasteiger partial charge in [0.1, 0.15) is 6.54 Å². The summed E-state index contributed by atoms with van der Waals surface area (Å²) in [4.78, 5) is 12.0. The summed E-state index contributed by atoms with van der Waals surface area (Å²) in [5.41, 5.74) is 2.43. The topological polar surface area (TPSA) is 46.1 Å². The SMILES string of the molecule is CCCNCc1cccc2ccn(CC(=O)NC3CC3)c12. The van der Waals surface area contributed by atoms with Crippen LogP contribution in [0.3, 0.4) is 0 Å². The fraction of sp³-hybridized carbons (Fsp3) is 0.471. The zero-order chi connectivity index (χ0) is 14.7. The molecule has 21 heavy (non-hydrogen) atoms. The van der Waals surface area contributed by atoms with Crippen LogP contribution in [0.4, 0.5) is 0 Å². The predicted molar refractivity (Wildman–Crippen MR) is 85.1 cm³/mol. The number of para-hydroxylation sites is 1. The number of nitrogens with one attached hydrogen (secondary N) is 2. The van der Waals surface area contributed by atoms with Crippen molar-refractivity contribution in [2.45, 2.75) is 45.3 Å². The molecule has 0 saturated heterocycles. The van der Waals surface area contributed by atoms with Crippen LogP contribution >= 0.6 is 0 Å². The number of amides is 1. The average molecular weight is 285 g/mol. The summed E-state index contributed by atoms with van der Waals surface area (Å²) in [5, 5.41) is 7.69. The van der Waals surface area contributed by atoms with Gasteiger partial charge in [-0.05, 0) is 42.8 Å². The molecule has 1 aromatic carbocycles. The molecule has 0 aliphatic heterocycles. The van der Waals surface area contributed by atoms with Crippen LogP contribution in [0.5, 0.6) is 0 Å². The third kappa shape index (κ3) is 3.45. The van der Waals surface area contributed by atoms with Crippen molar-refractivity contribution < 1.29 is 4.79 Å². The zero-order valence-electron chi connectivity index (χ0n) is 12.6. The van der Waals surface area contributed by atoms with E-state index in [1.807, 2.05) is 6.20 Å². The highest BCUT2D eigenvalue weighted by atomic mass is 16.2. The van der Waals surface area contributed by atoms with Gasteiger partial charge in [0.15, 0.2) is 0 Å². The largest absolute Gasteiger partial charge is 0.352 e. The van der Waals surface area contributed by atoms with Crippen LogP contribution in [0, 0.1) is 0 Å². The summed E-state index contributed by atoms with van der Waals surface area (Å²) >= 11 is 0. The number of nitrogens with zero attached hydrogens (tertiary/aromatic N) is 1. The van der Waals surface area contributed by atoms with E-state index in [2.05, 4.69) is 46.4 Å². The second kappa shape index (κ2) is 6.31. The monoisotopic (exact) mass is 285 g/mol. The Morgan fingerprint density at radius 2 is 2.19 bits per heavy atom. The second-order valence-electron chi connectivity index (χ2n) is 5.82. The number of rotatable bonds is 7. The second-order valence-corrected chi connectivity index (χ2v) is 5.82. The molecule has 0 radical (unpaired) electrons. The number of carbonyl (C=O) groups excluding carboxylic acids is 1. The lowest BCUT2D eigenvalue weighted by atomic mass is 10.1. The van der Waals surface area contributed by atoms with E-state index in [0.717, 1.165) is 32.4 Å². The van der Waals surface area contributed by atoms with E-state index in [4.69, 9.17) is 0 Å². The highest BCUT2D eigenvalue weighted by Gasteiger charge is 2.23. The molecule has 1 saturated carbocycles. The molecular weight excluding hydrogens is 262 g/mol. The molecular formula is C17H23N3O. The molecule has 1 aliphatic carbocycles. The number of aromatic nitrogens is 1. The molecule has 1 heterocycles. The van der Waals surface area contributed by atoms with Gasteiger partial charge in [0, 0.05) is 18.8 Å². The van der Waals surface area contributed by atoms with Crippen LogP contribution < -0.4 is 10.6 Å². The lowest BCUT2D eigenvalue weighted by molar-refractivity contribution is -0.121. The summed E-state index contributed by atoms with van der Waals surface area (Å²) < 4.78 is 2.07. The Labute approximate surface area is 125 Å². The van der Waals surface area contributed by atoms with Gasteiger partial charge in [0.2, 0.25) is 5.91 Å². The minimum Gasteiger partial charge on any atom is -0.352 e. The average Bonchev–Trinajstić information content (AvgIpc) is 3.19. The van der Waals surface area contributed by atoms with Crippen molar-refractivity contribution in [3.63, 3.8) is 0 Å². The quantitative estimate of drug-likeness (QED) is 0.767. The van der Waals surface area contributed by atoms with E-state index >= 15 is 0 Å². The molecule has 3 rings (SSSR count). The van der Waals surface area contributed by atoms with Gasteiger partial charge in [0.25, 0.3) is 0 Å². The van der Waals surface area contributed by atoms with E-state index < -0.39 is 0 Å². The number of fused-ring (bicyclic) bond motifs is 1. The molecule has 4 nitrogen and oxygen atoms in total. The van der Waals surface area contributed by atoms with Gasteiger partial charge in [-0.25, -0.2) is 0 Å². The van der Waals surface area contributed by atoms with Gasteiger partial charge in [-0.2, -0.15) is 0 Å². The van der Waals surface area contributed by atoms with Crippen molar-refractivity contribution in [1.29, 1.82) is 0 Å². The minimum atomic E-state index is 0.117. The maximum absolute atomic E-state index is 12.0. The number of hydrogen-bond donors (Lipinski definition) is 2. The molecule has 112 valence electrons. The third-order valence-corrected chi connectivity index (χ3v) is 3.87. The first-order valence-electron chi connectivity index (χ1n) is 7.84. The van der Waals surface area contributed by atoms with Gasteiger partial charge >= 0.3 is 0 Å². The van der Waals surface area contributed by atoms with Gasteiger partial charge in [-0.3, -0.25) is 4.79 Å². The fourth-order valence-corrected chi connectivity index (χ4v) is 2.67. The Kier molecular flexibility index (Phi) is 4.25. The van der Waals surface area contributed by atoms with E-state index in [9.17, 15) is 4.79 Å². The summed E-state index contributed by atoms with van der Waals surface area (Å²) in [7, 11) is 0. The van der Waals surface area contributed by atoms with E-state index in [0.29, 0.717) is 12.6 Å². The van der Waals surface area contributed by atoms with E-state index in [1.54, 1.807) is 0 Å². The maximum atomic E-state index is 12.0. The molecule has 0 unspecified atom stereocenters. The van der Waals surface area contributed by atoms with Crippen LogP contribution in [-0.4, -0.2) is 23.1 Å². The molecule has 1 fully saturated rings. The number of carbonyl (C=O) groups is 1. The van der Waals surface area contributed by atoms with Crippen LogP contribution in [-0.2, 0) is 17.9 Å². The minimum absolute atomic E-state index is 0.117. The van der Waals surface area contributed by atoms with Crippen LogP contribution in [0.15, 0.2) is 30.5 Å². The molecule has 1 aliphatic rings. The van der Waals surface area contributed by atoms with E-state index in [1.165, 1.54) is 16.5 Å². The molecule has 1 aromatic heterocycles. The highest BCUT2D eigenvalue weighted by Crippen LogP contribution is 2.21. The van der Waals surface area contributed by atoms with Crippen molar-refractivity contribution >= 4 is 16.8 Å². The third-order valence-electron chi connectivity index (χ3n) is 3.87. The van der Waals surface area contributed by atoms with Crippen LogP contribution in [0.1, 0.15) is 31.7 Å². The van der Waals surface area contributed by atoms with Gasteiger partial charge < -0.3 is 15.2 Å². The lowest BCUT2D eigenvalue weighted by Crippen LogP contribution is -2.29. The van der Waals surface area contributed by atoms with Crippen LogP contribution in [0.2, 0.25) is 0 Å². The summed E-state index contributed by atoms with van der Waals surface area (Å²) in [6.45, 7) is 4.43. The Morgan fingerprint density at radius 3 is 2.95 bits per heavy atom. The van der Waals surface area contributed by atoms with Gasteiger partial charge in [-0.1, -0.05) is 25.1 Å². The predicted octanol–water partition coefficient (Wildman–Crippen LogP) is 2.42. The van der Waals surface area contributed by atoms with Crippen molar-refractivity contribution in [1.82, 2.24) is 15.2 Å². The van der Waals surface area contributed by atoms with Crippen molar-refractivity contribution in [2.24, 2.45) is 0 Å². The highest BCUT2D eigenvalue weighted by molar-refractivity contribution is 5.85. The van der Waals surface area contributed by atoms with Crippen molar-refractivity contribution in [3.05, 3.63) is 36.0 Å². The Morgan fingerprint density at radius 1 is 1.33 bits per heavy atom. The van der Waals surface area contributed by atoms with Crippen LogP contribution in [0.25, 0.3) is 10.9 Å². The zero-order valence-corrected chi connectivity index (χ0v) is 12.6.